The largest absolute Gasteiger partial charge is 0.497 e. The van der Waals surface area contributed by atoms with Gasteiger partial charge in [-0.05, 0) is 41.8 Å². The number of carbonyl (C=O) groups excluding carboxylic acids is 1. The van der Waals surface area contributed by atoms with Crippen LogP contribution in [0.15, 0.2) is 36.4 Å². The highest BCUT2D eigenvalue weighted by atomic mass is 16.5. The predicted octanol–water partition coefficient (Wildman–Crippen LogP) is 2.39. The van der Waals surface area contributed by atoms with Gasteiger partial charge in [-0.25, -0.2) is 4.79 Å². The SMILES string of the molecule is COc1ccc2cc(C(C)C(=O)N[C@@H](CCC(=O)O)C(=O)O)ccc2c1. The molecule has 1 unspecified atom stereocenters. The highest BCUT2D eigenvalue weighted by molar-refractivity contribution is 5.90. The Morgan fingerprint density at radius 2 is 1.73 bits per heavy atom. The first-order valence-corrected chi connectivity index (χ1v) is 8.14. The maximum atomic E-state index is 12.4. The van der Waals surface area contributed by atoms with E-state index in [0.29, 0.717) is 0 Å². The summed E-state index contributed by atoms with van der Waals surface area (Å²) in [5.41, 5.74) is 0.738. The van der Waals surface area contributed by atoms with E-state index in [4.69, 9.17) is 14.9 Å². The Kier molecular flexibility index (Phi) is 6.16. The van der Waals surface area contributed by atoms with Crippen molar-refractivity contribution in [3.8, 4) is 5.75 Å². The molecule has 7 nitrogen and oxygen atoms in total. The van der Waals surface area contributed by atoms with Gasteiger partial charge in [0.05, 0.1) is 13.0 Å². The van der Waals surface area contributed by atoms with E-state index >= 15 is 0 Å². The molecule has 0 fully saturated rings. The van der Waals surface area contributed by atoms with Crippen molar-refractivity contribution in [3.05, 3.63) is 42.0 Å². The van der Waals surface area contributed by atoms with Crippen LogP contribution in [0.25, 0.3) is 10.8 Å². The van der Waals surface area contributed by atoms with Crippen LogP contribution in [-0.2, 0) is 14.4 Å². The van der Waals surface area contributed by atoms with Crippen molar-refractivity contribution in [2.24, 2.45) is 0 Å². The van der Waals surface area contributed by atoms with Crippen LogP contribution in [0, 0.1) is 0 Å². The molecular weight excluding hydrogens is 338 g/mol. The number of hydrogen-bond donors (Lipinski definition) is 3. The van der Waals surface area contributed by atoms with Gasteiger partial charge >= 0.3 is 11.9 Å². The molecule has 0 aliphatic carbocycles. The van der Waals surface area contributed by atoms with Gasteiger partial charge in [0.1, 0.15) is 11.8 Å². The van der Waals surface area contributed by atoms with Gasteiger partial charge < -0.3 is 20.3 Å². The summed E-state index contributed by atoms with van der Waals surface area (Å²) in [6.45, 7) is 1.68. The number of benzene rings is 2. The second-order valence-corrected chi connectivity index (χ2v) is 6.03. The van der Waals surface area contributed by atoms with Crippen LogP contribution < -0.4 is 10.1 Å². The quantitative estimate of drug-likeness (QED) is 0.667. The van der Waals surface area contributed by atoms with Crippen LogP contribution in [0.2, 0.25) is 0 Å². The fraction of sp³-hybridized carbons (Fsp3) is 0.316. The zero-order valence-corrected chi connectivity index (χ0v) is 14.6. The summed E-state index contributed by atoms with van der Waals surface area (Å²) < 4.78 is 5.18. The average Bonchev–Trinajstić information content (AvgIpc) is 2.62. The van der Waals surface area contributed by atoms with Crippen molar-refractivity contribution < 1.29 is 29.3 Å². The van der Waals surface area contributed by atoms with Crippen LogP contribution in [0.3, 0.4) is 0 Å². The van der Waals surface area contributed by atoms with Crippen LogP contribution in [0.5, 0.6) is 5.75 Å². The Balaban J connectivity index is 2.14. The van der Waals surface area contributed by atoms with Crippen molar-refractivity contribution in [1.29, 1.82) is 0 Å². The predicted molar refractivity (Wildman–Crippen MR) is 95.4 cm³/mol. The lowest BCUT2D eigenvalue weighted by Gasteiger charge is -2.18. The number of amides is 1. The summed E-state index contributed by atoms with van der Waals surface area (Å²) in [6, 6.07) is 9.90. The van der Waals surface area contributed by atoms with Crippen molar-refractivity contribution in [1.82, 2.24) is 5.32 Å². The molecule has 3 N–H and O–H groups in total. The van der Waals surface area contributed by atoms with E-state index < -0.39 is 29.8 Å². The molecule has 0 aromatic heterocycles. The maximum Gasteiger partial charge on any atom is 0.326 e. The Labute approximate surface area is 150 Å². The first kappa shape index (κ1) is 19.2. The third-order valence-corrected chi connectivity index (χ3v) is 4.23. The van der Waals surface area contributed by atoms with E-state index in [0.717, 1.165) is 22.1 Å². The number of nitrogens with one attached hydrogen (secondary N) is 1. The molecule has 0 saturated heterocycles. The van der Waals surface area contributed by atoms with Crippen LogP contribution in [0.4, 0.5) is 0 Å². The van der Waals surface area contributed by atoms with Crippen molar-refractivity contribution in [3.63, 3.8) is 0 Å². The molecule has 26 heavy (non-hydrogen) atoms. The molecule has 0 spiro atoms. The molecule has 7 heteroatoms. The zero-order chi connectivity index (χ0) is 19.3. The van der Waals surface area contributed by atoms with Crippen LogP contribution in [-0.4, -0.2) is 41.2 Å². The fourth-order valence-corrected chi connectivity index (χ4v) is 2.61. The summed E-state index contributed by atoms with van der Waals surface area (Å²) in [6.07, 6.45) is -0.496. The molecule has 0 heterocycles. The third kappa shape index (κ3) is 4.72. The van der Waals surface area contributed by atoms with E-state index in [1.165, 1.54) is 0 Å². The normalized spacial score (nSPS) is 13.0. The maximum absolute atomic E-state index is 12.4. The zero-order valence-electron chi connectivity index (χ0n) is 14.6. The van der Waals surface area contributed by atoms with Gasteiger partial charge in [-0.2, -0.15) is 0 Å². The second kappa shape index (κ2) is 8.33. The smallest absolute Gasteiger partial charge is 0.326 e. The van der Waals surface area contributed by atoms with Gasteiger partial charge in [0.25, 0.3) is 0 Å². The first-order valence-electron chi connectivity index (χ1n) is 8.14. The molecule has 2 rings (SSSR count). The van der Waals surface area contributed by atoms with Crippen molar-refractivity contribution in [2.75, 3.05) is 7.11 Å². The van der Waals surface area contributed by atoms with E-state index in [1.54, 1.807) is 20.1 Å². The molecule has 0 aliphatic rings. The molecule has 138 valence electrons. The summed E-state index contributed by atoms with van der Waals surface area (Å²) >= 11 is 0. The monoisotopic (exact) mass is 359 g/mol. The van der Waals surface area contributed by atoms with E-state index in [2.05, 4.69) is 5.32 Å². The Bertz CT molecular complexity index is 832. The van der Waals surface area contributed by atoms with E-state index in [9.17, 15) is 14.4 Å². The lowest BCUT2D eigenvalue weighted by Crippen LogP contribution is -2.42. The van der Waals surface area contributed by atoms with Gasteiger partial charge in [-0.3, -0.25) is 9.59 Å². The lowest BCUT2D eigenvalue weighted by atomic mass is 9.96. The van der Waals surface area contributed by atoms with Crippen LogP contribution in [0.1, 0.15) is 31.2 Å². The van der Waals surface area contributed by atoms with Crippen LogP contribution >= 0.6 is 0 Å². The molecule has 0 saturated carbocycles. The third-order valence-electron chi connectivity index (χ3n) is 4.23. The molecule has 2 aromatic rings. The molecule has 2 atom stereocenters. The summed E-state index contributed by atoms with van der Waals surface area (Å²) in [7, 11) is 1.59. The van der Waals surface area contributed by atoms with Gasteiger partial charge in [-0.15, -0.1) is 0 Å². The molecule has 0 aliphatic heterocycles. The molecule has 2 aromatic carbocycles. The topological polar surface area (TPSA) is 113 Å². The standard InChI is InChI=1S/C19H21NO6/c1-11(18(23)20-16(19(24)25)7-8-17(21)22)12-3-4-14-10-15(26-2)6-5-13(14)9-12/h3-6,9-11,16H,7-8H2,1-2H3,(H,20,23)(H,21,22)(H,24,25)/t11?,16-/m0/s1. The van der Waals surface area contributed by atoms with Gasteiger partial charge in [0, 0.05) is 6.42 Å². The average molecular weight is 359 g/mol. The molecule has 0 bridgehead atoms. The molecular formula is C19H21NO6. The lowest BCUT2D eigenvalue weighted by molar-refractivity contribution is -0.143. The van der Waals surface area contributed by atoms with E-state index in [1.807, 2.05) is 30.3 Å². The number of rotatable bonds is 8. The minimum atomic E-state index is -1.25. The minimum Gasteiger partial charge on any atom is -0.497 e. The number of carboxylic acid groups (broad SMARTS) is 2. The van der Waals surface area contributed by atoms with Gasteiger partial charge in [0.2, 0.25) is 5.91 Å². The van der Waals surface area contributed by atoms with Gasteiger partial charge in [-0.1, -0.05) is 24.3 Å². The van der Waals surface area contributed by atoms with Crippen molar-refractivity contribution in [2.45, 2.75) is 31.7 Å². The van der Waals surface area contributed by atoms with Crippen molar-refractivity contribution >= 4 is 28.6 Å². The second-order valence-electron chi connectivity index (χ2n) is 6.03. The number of hydrogen-bond acceptors (Lipinski definition) is 4. The summed E-state index contributed by atoms with van der Waals surface area (Å²) in [5, 5.41) is 22.2. The number of ether oxygens (including phenoxy) is 1. The number of carboxylic acids is 2. The molecule has 1 amide bonds. The van der Waals surface area contributed by atoms with E-state index in [-0.39, 0.29) is 12.8 Å². The summed E-state index contributed by atoms with van der Waals surface area (Å²) in [5.74, 6) is -2.66. The summed E-state index contributed by atoms with van der Waals surface area (Å²) in [4.78, 5) is 34.2. The Morgan fingerprint density at radius 1 is 1.08 bits per heavy atom. The minimum absolute atomic E-state index is 0.166. The highest BCUT2D eigenvalue weighted by Gasteiger charge is 2.24. The number of methoxy groups -OCH3 is 1. The highest BCUT2D eigenvalue weighted by Crippen LogP contribution is 2.25. The molecule has 0 radical (unpaired) electrons. The number of fused-ring (bicyclic) bond motifs is 1. The number of carbonyl (C=O) groups is 3. The Hall–Kier alpha value is -3.09. The fourth-order valence-electron chi connectivity index (χ4n) is 2.61. The number of aliphatic carboxylic acids is 2. The van der Waals surface area contributed by atoms with Gasteiger partial charge in [0.15, 0.2) is 0 Å². The first-order chi connectivity index (χ1) is 12.3. The Morgan fingerprint density at radius 3 is 2.35 bits per heavy atom.